The van der Waals surface area contributed by atoms with Crippen LogP contribution in [-0.2, 0) is 11.3 Å². The standard InChI is InChI=1S/C17H30N4O2/c1-12-13(11-19-20-12)10-18-14-6-8-15(9-7-14)21(5)16(22)23-17(2,3)4/h11,14-15,18H,6-10H2,1-5H3,(H,19,20). The maximum absolute atomic E-state index is 12.1. The molecule has 0 radical (unpaired) electrons. The third-order valence-electron chi connectivity index (χ3n) is 4.44. The zero-order valence-electron chi connectivity index (χ0n) is 15.0. The normalized spacial score (nSPS) is 22.0. The monoisotopic (exact) mass is 322 g/mol. The molecule has 1 amide bonds. The van der Waals surface area contributed by atoms with Crippen molar-refractivity contribution in [1.29, 1.82) is 0 Å². The summed E-state index contributed by atoms with van der Waals surface area (Å²) in [5.74, 6) is 0. The van der Waals surface area contributed by atoms with Gasteiger partial charge in [0.05, 0.1) is 6.20 Å². The van der Waals surface area contributed by atoms with E-state index in [0.29, 0.717) is 6.04 Å². The van der Waals surface area contributed by atoms with Crippen molar-refractivity contribution in [3.63, 3.8) is 0 Å². The Bertz CT molecular complexity index is 513. The first kappa shape index (κ1) is 17.8. The first-order chi connectivity index (χ1) is 10.8. The number of hydrogen-bond donors (Lipinski definition) is 2. The molecular formula is C17H30N4O2. The zero-order chi connectivity index (χ0) is 17.0. The van der Waals surface area contributed by atoms with Gasteiger partial charge in [-0.1, -0.05) is 0 Å². The van der Waals surface area contributed by atoms with Crippen molar-refractivity contribution in [2.45, 2.75) is 77.6 Å². The Morgan fingerprint density at radius 2 is 2.04 bits per heavy atom. The van der Waals surface area contributed by atoms with Crippen LogP contribution in [0.15, 0.2) is 6.20 Å². The number of hydrogen-bond acceptors (Lipinski definition) is 4. The summed E-state index contributed by atoms with van der Waals surface area (Å²) >= 11 is 0. The summed E-state index contributed by atoms with van der Waals surface area (Å²) in [6.07, 6.45) is 5.84. The second-order valence-corrected chi connectivity index (χ2v) is 7.50. The first-order valence-electron chi connectivity index (χ1n) is 8.44. The summed E-state index contributed by atoms with van der Waals surface area (Å²) in [6, 6.07) is 0.783. The molecule has 6 nitrogen and oxygen atoms in total. The number of carbonyl (C=O) groups is 1. The van der Waals surface area contributed by atoms with Crippen LogP contribution in [0.1, 0.15) is 57.7 Å². The molecule has 1 saturated carbocycles. The Hall–Kier alpha value is -1.56. The van der Waals surface area contributed by atoms with E-state index in [0.717, 1.165) is 37.9 Å². The summed E-state index contributed by atoms with van der Waals surface area (Å²) < 4.78 is 5.45. The maximum Gasteiger partial charge on any atom is 0.410 e. The second-order valence-electron chi connectivity index (χ2n) is 7.50. The number of aryl methyl sites for hydroxylation is 1. The molecular weight excluding hydrogens is 292 g/mol. The zero-order valence-corrected chi connectivity index (χ0v) is 15.0. The molecule has 1 fully saturated rings. The Morgan fingerprint density at radius 3 is 2.57 bits per heavy atom. The van der Waals surface area contributed by atoms with Gasteiger partial charge in [-0.2, -0.15) is 5.10 Å². The fraction of sp³-hybridized carbons (Fsp3) is 0.765. The molecule has 1 aromatic heterocycles. The van der Waals surface area contributed by atoms with Gasteiger partial charge in [-0.05, 0) is 53.4 Å². The molecule has 0 aromatic carbocycles. The van der Waals surface area contributed by atoms with Gasteiger partial charge >= 0.3 is 6.09 Å². The van der Waals surface area contributed by atoms with Crippen LogP contribution in [0.2, 0.25) is 0 Å². The van der Waals surface area contributed by atoms with E-state index in [9.17, 15) is 4.79 Å². The number of aromatic nitrogens is 2. The Kier molecular flexibility index (Phi) is 5.68. The van der Waals surface area contributed by atoms with Gasteiger partial charge in [-0.15, -0.1) is 0 Å². The van der Waals surface area contributed by atoms with Crippen LogP contribution in [0.3, 0.4) is 0 Å². The lowest BCUT2D eigenvalue weighted by Gasteiger charge is -2.35. The summed E-state index contributed by atoms with van der Waals surface area (Å²) in [5.41, 5.74) is 1.90. The average Bonchev–Trinajstić information content (AvgIpc) is 2.88. The predicted molar refractivity (Wildman–Crippen MR) is 90.2 cm³/mol. The van der Waals surface area contributed by atoms with Gasteiger partial charge in [-0.3, -0.25) is 5.10 Å². The van der Waals surface area contributed by atoms with Gasteiger partial charge in [0.2, 0.25) is 0 Å². The fourth-order valence-electron chi connectivity index (χ4n) is 2.96. The fourth-order valence-corrected chi connectivity index (χ4v) is 2.96. The molecule has 23 heavy (non-hydrogen) atoms. The minimum Gasteiger partial charge on any atom is -0.444 e. The molecule has 130 valence electrons. The summed E-state index contributed by atoms with van der Waals surface area (Å²) in [6.45, 7) is 8.59. The SMILES string of the molecule is Cc1[nH]ncc1CNC1CCC(N(C)C(=O)OC(C)(C)C)CC1. The minimum absolute atomic E-state index is 0.220. The molecule has 1 aromatic rings. The number of aromatic amines is 1. The van der Waals surface area contributed by atoms with Crippen LogP contribution in [0.5, 0.6) is 0 Å². The van der Waals surface area contributed by atoms with E-state index < -0.39 is 5.60 Å². The molecule has 0 atom stereocenters. The second kappa shape index (κ2) is 7.34. The van der Waals surface area contributed by atoms with Crippen molar-refractivity contribution in [3.05, 3.63) is 17.5 Å². The third kappa shape index (κ3) is 5.23. The predicted octanol–water partition coefficient (Wildman–Crippen LogP) is 2.99. The summed E-state index contributed by atoms with van der Waals surface area (Å²) in [7, 11) is 1.85. The maximum atomic E-state index is 12.1. The summed E-state index contributed by atoms with van der Waals surface area (Å²) in [5, 5.41) is 10.6. The largest absolute Gasteiger partial charge is 0.444 e. The lowest BCUT2D eigenvalue weighted by Crippen LogP contribution is -2.44. The van der Waals surface area contributed by atoms with Gasteiger partial charge in [0.1, 0.15) is 5.60 Å². The van der Waals surface area contributed by atoms with E-state index in [1.807, 2.05) is 40.9 Å². The topological polar surface area (TPSA) is 70.2 Å². The number of rotatable bonds is 4. The first-order valence-corrected chi connectivity index (χ1v) is 8.44. The highest BCUT2D eigenvalue weighted by atomic mass is 16.6. The van der Waals surface area contributed by atoms with E-state index in [-0.39, 0.29) is 12.1 Å². The average molecular weight is 322 g/mol. The molecule has 1 heterocycles. The van der Waals surface area contributed by atoms with E-state index in [4.69, 9.17) is 4.74 Å². The van der Waals surface area contributed by atoms with Gasteiger partial charge in [0, 0.05) is 36.9 Å². The highest BCUT2D eigenvalue weighted by Crippen LogP contribution is 2.24. The van der Waals surface area contributed by atoms with Crippen LogP contribution in [0.4, 0.5) is 4.79 Å². The lowest BCUT2D eigenvalue weighted by atomic mass is 9.90. The van der Waals surface area contributed by atoms with Crippen LogP contribution >= 0.6 is 0 Å². The van der Waals surface area contributed by atoms with Crippen molar-refractivity contribution in [2.24, 2.45) is 0 Å². The minimum atomic E-state index is -0.438. The summed E-state index contributed by atoms with van der Waals surface area (Å²) in [4.78, 5) is 13.9. The molecule has 0 saturated heterocycles. The van der Waals surface area contributed by atoms with Crippen LogP contribution in [0, 0.1) is 6.92 Å². The molecule has 2 N–H and O–H groups in total. The molecule has 0 bridgehead atoms. The molecule has 0 aliphatic heterocycles. The Labute approximate surface area is 139 Å². The van der Waals surface area contributed by atoms with Crippen LogP contribution in [0.25, 0.3) is 0 Å². The molecule has 1 aliphatic rings. The number of nitrogens with one attached hydrogen (secondary N) is 2. The molecule has 6 heteroatoms. The highest BCUT2D eigenvalue weighted by Gasteiger charge is 2.29. The lowest BCUT2D eigenvalue weighted by molar-refractivity contribution is 0.0179. The highest BCUT2D eigenvalue weighted by molar-refractivity contribution is 5.68. The number of carbonyl (C=O) groups excluding carboxylic acids is 1. The van der Waals surface area contributed by atoms with E-state index in [2.05, 4.69) is 15.5 Å². The van der Waals surface area contributed by atoms with Crippen molar-refractivity contribution in [2.75, 3.05) is 7.05 Å². The van der Waals surface area contributed by atoms with E-state index in [1.54, 1.807) is 4.90 Å². The molecule has 2 rings (SSSR count). The van der Waals surface area contributed by atoms with Gasteiger partial charge < -0.3 is 15.0 Å². The van der Waals surface area contributed by atoms with Crippen molar-refractivity contribution < 1.29 is 9.53 Å². The van der Waals surface area contributed by atoms with Gasteiger partial charge in [0.15, 0.2) is 0 Å². The Morgan fingerprint density at radius 1 is 1.39 bits per heavy atom. The number of ether oxygens (including phenoxy) is 1. The molecule has 1 aliphatic carbocycles. The number of H-pyrrole nitrogens is 1. The van der Waals surface area contributed by atoms with Crippen molar-refractivity contribution >= 4 is 6.09 Å². The quantitative estimate of drug-likeness (QED) is 0.894. The van der Waals surface area contributed by atoms with Crippen molar-refractivity contribution in [1.82, 2.24) is 20.4 Å². The molecule has 0 spiro atoms. The molecule has 0 unspecified atom stereocenters. The number of amides is 1. The van der Waals surface area contributed by atoms with Crippen LogP contribution < -0.4 is 5.32 Å². The number of nitrogens with zero attached hydrogens (tertiary/aromatic N) is 2. The van der Waals surface area contributed by atoms with Gasteiger partial charge in [0.25, 0.3) is 0 Å². The van der Waals surface area contributed by atoms with E-state index >= 15 is 0 Å². The van der Waals surface area contributed by atoms with E-state index in [1.165, 1.54) is 5.56 Å². The van der Waals surface area contributed by atoms with Gasteiger partial charge in [-0.25, -0.2) is 4.79 Å². The Balaban J connectivity index is 1.75. The third-order valence-corrected chi connectivity index (χ3v) is 4.44. The van der Waals surface area contributed by atoms with Crippen LogP contribution in [-0.4, -0.2) is 45.9 Å². The van der Waals surface area contributed by atoms with Crippen molar-refractivity contribution in [3.8, 4) is 0 Å². The smallest absolute Gasteiger partial charge is 0.410 e.